The topological polar surface area (TPSA) is 69.2 Å². The number of nitro groups is 1. The third-order valence-electron chi connectivity index (χ3n) is 2.39. The lowest BCUT2D eigenvalue weighted by Gasteiger charge is -2.07. The number of nitro benzene ring substituents is 1. The molecule has 4 nitrogen and oxygen atoms in total. The van der Waals surface area contributed by atoms with E-state index in [1.165, 1.54) is 6.07 Å². The number of allylic oxidation sites excluding steroid dienone is 3. The molecule has 0 aliphatic heterocycles. The summed E-state index contributed by atoms with van der Waals surface area (Å²) >= 11 is 1.57. The Hall–Kier alpha value is -1.75. The first-order valence-corrected chi connectivity index (χ1v) is 6.07. The van der Waals surface area contributed by atoms with Crippen molar-refractivity contribution in [2.45, 2.75) is 17.7 Å². The molecule has 1 aromatic carbocycles. The zero-order valence-corrected chi connectivity index (χ0v) is 9.94. The number of hydrogen-bond donors (Lipinski definition) is 1. The first-order valence-electron chi connectivity index (χ1n) is 5.25. The molecular formula is C12H12N2O2S. The Morgan fingerprint density at radius 2 is 2.18 bits per heavy atom. The Bertz CT molecular complexity index is 509. The molecule has 0 fully saturated rings. The summed E-state index contributed by atoms with van der Waals surface area (Å²) in [5.74, 6) is 0. The third kappa shape index (κ3) is 2.88. The van der Waals surface area contributed by atoms with Crippen LogP contribution in [0, 0.1) is 10.1 Å². The number of nitrogens with two attached hydrogens (primary N) is 1. The Labute approximate surface area is 103 Å². The van der Waals surface area contributed by atoms with Gasteiger partial charge < -0.3 is 5.73 Å². The molecule has 2 rings (SSSR count). The molecule has 5 heteroatoms. The number of anilines is 1. The lowest BCUT2D eigenvalue weighted by atomic mass is 10.2. The van der Waals surface area contributed by atoms with Crippen LogP contribution in [0.25, 0.3) is 0 Å². The normalized spacial score (nSPS) is 14.5. The van der Waals surface area contributed by atoms with Crippen LogP contribution >= 0.6 is 11.8 Å². The van der Waals surface area contributed by atoms with E-state index in [1.54, 1.807) is 23.9 Å². The van der Waals surface area contributed by atoms with E-state index in [1.807, 2.05) is 0 Å². The molecule has 2 N–H and O–H groups in total. The first-order chi connectivity index (χ1) is 8.16. The molecular weight excluding hydrogens is 236 g/mol. The molecule has 0 unspecified atom stereocenters. The summed E-state index contributed by atoms with van der Waals surface area (Å²) in [6.45, 7) is 0. The standard InChI is InChI=1S/C12H12N2O2S/c13-11-8-10(6-7-12(11)14(15)16)17-9-4-2-1-3-5-9/h2,4-8H,1,3,13H2. The van der Waals surface area contributed by atoms with Crippen LogP contribution in [0.4, 0.5) is 11.4 Å². The molecule has 88 valence electrons. The summed E-state index contributed by atoms with van der Waals surface area (Å²) < 4.78 is 0. The maximum absolute atomic E-state index is 10.6. The SMILES string of the molecule is Nc1cc(SC2=CCCC=C2)ccc1[N+](=O)[O-]. The van der Waals surface area contributed by atoms with Crippen LogP contribution in [0.15, 0.2) is 46.2 Å². The second-order valence-electron chi connectivity index (χ2n) is 3.67. The molecule has 1 aliphatic carbocycles. The molecule has 0 bridgehead atoms. The molecule has 0 atom stereocenters. The van der Waals surface area contributed by atoms with E-state index in [4.69, 9.17) is 5.73 Å². The second kappa shape index (κ2) is 5.05. The molecule has 1 aromatic rings. The molecule has 0 spiro atoms. The van der Waals surface area contributed by atoms with Gasteiger partial charge in [0.25, 0.3) is 5.69 Å². The van der Waals surface area contributed by atoms with Crippen molar-refractivity contribution in [1.82, 2.24) is 0 Å². The van der Waals surface area contributed by atoms with E-state index in [0.29, 0.717) is 0 Å². The van der Waals surface area contributed by atoms with Crippen molar-refractivity contribution in [2.24, 2.45) is 0 Å². The van der Waals surface area contributed by atoms with Crippen LogP contribution < -0.4 is 5.73 Å². The highest BCUT2D eigenvalue weighted by atomic mass is 32.2. The highest BCUT2D eigenvalue weighted by Crippen LogP contribution is 2.33. The van der Waals surface area contributed by atoms with Gasteiger partial charge >= 0.3 is 0 Å². The maximum Gasteiger partial charge on any atom is 0.292 e. The Morgan fingerprint density at radius 3 is 2.76 bits per heavy atom. The summed E-state index contributed by atoms with van der Waals surface area (Å²) in [6, 6.07) is 4.82. The van der Waals surface area contributed by atoms with Gasteiger partial charge in [0, 0.05) is 15.9 Å². The van der Waals surface area contributed by atoms with Gasteiger partial charge in [-0.05, 0) is 25.0 Å². The quantitative estimate of drug-likeness (QED) is 0.505. The Balaban J connectivity index is 2.18. The minimum Gasteiger partial charge on any atom is -0.393 e. The molecule has 0 aromatic heterocycles. The highest BCUT2D eigenvalue weighted by Gasteiger charge is 2.11. The van der Waals surface area contributed by atoms with Gasteiger partial charge in [-0.2, -0.15) is 0 Å². The van der Waals surface area contributed by atoms with Crippen LogP contribution in [-0.4, -0.2) is 4.92 Å². The molecule has 0 saturated heterocycles. The fourth-order valence-corrected chi connectivity index (χ4v) is 2.52. The van der Waals surface area contributed by atoms with Gasteiger partial charge in [-0.25, -0.2) is 0 Å². The second-order valence-corrected chi connectivity index (χ2v) is 4.81. The van der Waals surface area contributed by atoms with E-state index >= 15 is 0 Å². The monoisotopic (exact) mass is 248 g/mol. The number of hydrogen-bond acceptors (Lipinski definition) is 4. The van der Waals surface area contributed by atoms with Gasteiger partial charge in [-0.3, -0.25) is 10.1 Å². The van der Waals surface area contributed by atoms with E-state index in [9.17, 15) is 10.1 Å². The number of thioether (sulfide) groups is 1. The predicted octanol–water partition coefficient (Wildman–Crippen LogP) is 3.50. The van der Waals surface area contributed by atoms with Gasteiger partial charge in [0.1, 0.15) is 5.69 Å². The van der Waals surface area contributed by atoms with Crippen molar-refractivity contribution in [1.29, 1.82) is 0 Å². The number of benzene rings is 1. The van der Waals surface area contributed by atoms with Crippen LogP contribution in [0.3, 0.4) is 0 Å². The van der Waals surface area contributed by atoms with E-state index < -0.39 is 4.92 Å². The summed E-state index contributed by atoms with van der Waals surface area (Å²) in [6.07, 6.45) is 8.46. The summed E-state index contributed by atoms with van der Waals surface area (Å²) in [7, 11) is 0. The smallest absolute Gasteiger partial charge is 0.292 e. The lowest BCUT2D eigenvalue weighted by Crippen LogP contribution is -1.95. The summed E-state index contributed by atoms with van der Waals surface area (Å²) in [4.78, 5) is 12.2. The fourth-order valence-electron chi connectivity index (χ4n) is 1.56. The molecule has 0 heterocycles. The average Bonchev–Trinajstić information content (AvgIpc) is 2.30. The molecule has 1 aliphatic rings. The molecule has 0 saturated carbocycles. The van der Waals surface area contributed by atoms with Crippen LogP contribution in [0.2, 0.25) is 0 Å². The predicted molar refractivity (Wildman–Crippen MR) is 69.8 cm³/mol. The van der Waals surface area contributed by atoms with Crippen LogP contribution in [0.5, 0.6) is 0 Å². The number of rotatable bonds is 3. The van der Waals surface area contributed by atoms with Gasteiger partial charge in [-0.15, -0.1) is 0 Å². The first kappa shape index (κ1) is 11.7. The van der Waals surface area contributed by atoms with Crippen molar-refractivity contribution in [3.63, 3.8) is 0 Å². The molecule has 17 heavy (non-hydrogen) atoms. The number of nitrogen functional groups attached to an aromatic ring is 1. The van der Waals surface area contributed by atoms with Crippen molar-refractivity contribution in [2.75, 3.05) is 5.73 Å². The fraction of sp³-hybridized carbons (Fsp3) is 0.167. The minimum atomic E-state index is -0.469. The Kier molecular flexibility index (Phi) is 3.49. The maximum atomic E-state index is 10.6. The summed E-state index contributed by atoms with van der Waals surface area (Å²) in [5.41, 5.74) is 5.80. The molecule has 0 radical (unpaired) electrons. The number of nitrogens with zero attached hydrogens (tertiary/aromatic N) is 1. The van der Waals surface area contributed by atoms with Crippen molar-refractivity contribution < 1.29 is 4.92 Å². The van der Waals surface area contributed by atoms with Crippen molar-refractivity contribution in [3.05, 3.63) is 51.4 Å². The van der Waals surface area contributed by atoms with Crippen molar-refractivity contribution >= 4 is 23.1 Å². The van der Waals surface area contributed by atoms with Gasteiger partial charge in [0.05, 0.1) is 4.92 Å². The van der Waals surface area contributed by atoms with Gasteiger partial charge in [-0.1, -0.05) is 30.0 Å². The summed E-state index contributed by atoms with van der Waals surface area (Å²) in [5, 5.41) is 10.6. The third-order valence-corrected chi connectivity index (χ3v) is 3.42. The zero-order valence-electron chi connectivity index (χ0n) is 9.13. The lowest BCUT2D eigenvalue weighted by molar-refractivity contribution is -0.383. The van der Waals surface area contributed by atoms with Gasteiger partial charge in [0.2, 0.25) is 0 Å². The van der Waals surface area contributed by atoms with E-state index in [-0.39, 0.29) is 11.4 Å². The molecule has 0 amide bonds. The van der Waals surface area contributed by atoms with E-state index in [2.05, 4.69) is 18.2 Å². The van der Waals surface area contributed by atoms with Crippen LogP contribution in [-0.2, 0) is 0 Å². The van der Waals surface area contributed by atoms with Gasteiger partial charge in [0.15, 0.2) is 0 Å². The zero-order chi connectivity index (χ0) is 12.3. The minimum absolute atomic E-state index is 0.0393. The Morgan fingerprint density at radius 1 is 1.35 bits per heavy atom. The van der Waals surface area contributed by atoms with E-state index in [0.717, 1.165) is 22.6 Å². The van der Waals surface area contributed by atoms with Crippen molar-refractivity contribution in [3.8, 4) is 0 Å². The largest absolute Gasteiger partial charge is 0.393 e. The highest BCUT2D eigenvalue weighted by molar-refractivity contribution is 8.03. The average molecular weight is 248 g/mol. The van der Waals surface area contributed by atoms with Crippen LogP contribution in [0.1, 0.15) is 12.8 Å².